The highest BCUT2D eigenvalue weighted by atomic mass is 32.2. The van der Waals surface area contributed by atoms with Crippen LogP contribution in [0.2, 0.25) is 0 Å². The Balaban J connectivity index is 2.08. The van der Waals surface area contributed by atoms with Crippen LogP contribution in [0.15, 0.2) is 28.6 Å². The first-order chi connectivity index (χ1) is 9.87. The second kappa shape index (κ2) is 6.16. The van der Waals surface area contributed by atoms with Gasteiger partial charge in [-0.2, -0.15) is 0 Å². The molecule has 0 fully saturated rings. The molecule has 0 saturated carbocycles. The summed E-state index contributed by atoms with van der Waals surface area (Å²) in [6, 6.07) is 6.87. The molecule has 21 heavy (non-hydrogen) atoms. The fraction of sp³-hybridized carbons (Fsp3) is 0.182. The third-order valence-electron chi connectivity index (χ3n) is 2.34. The number of nitrogens with two attached hydrogens (primary N) is 1. The van der Waals surface area contributed by atoms with E-state index in [0.29, 0.717) is 5.69 Å². The van der Waals surface area contributed by atoms with Gasteiger partial charge in [-0.05, 0) is 17.7 Å². The van der Waals surface area contributed by atoms with Crippen molar-refractivity contribution in [1.29, 1.82) is 0 Å². The molecule has 10 heteroatoms. The van der Waals surface area contributed by atoms with E-state index in [2.05, 4.69) is 20.2 Å². The maximum Gasteiger partial charge on any atom is 0.270 e. The van der Waals surface area contributed by atoms with Crippen LogP contribution in [0.25, 0.3) is 0 Å². The lowest BCUT2D eigenvalue weighted by molar-refractivity contribution is -0.114. The monoisotopic (exact) mass is 327 g/mol. The van der Waals surface area contributed by atoms with Gasteiger partial charge >= 0.3 is 0 Å². The molecule has 4 N–H and O–H groups in total. The summed E-state index contributed by atoms with van der Waals surface area (Å²) in [7, 11) is -3.78. The molecule has 0 radical (unpaired) electrons. The van der Waals surface area contributed by atoms with Crippen molar-refractivity contribution in [2.75, 3.05) is 11.1 Å². The molecule has 0 atom stereocenters. The molecule has 0 aliphatic heterocycles. The van der Waals surface area contributed by atoms with E-state index < -0.39 is 10.0 Å². The number of rotatable bonds is 5. The number of nitrogen functional groups attached to an aromatic ring is 1. The van der Waals surface area contributed by atoms with Crippen LogP contribution < -0.4 is 15.8 Å². The summed E-state index contributed by atoms with van der Waals surface area (Å²) in [4.78, 5) is 10.9. The zero-order chi connectivity index (χ0) is 15.5. The van der Waals surface area contributed by atoms with Crippen LogP contribution in [-0.2, 0) is 21.4 Å². The predicted molar refractivity (Wildman–Crippen MR) is 79.1 cm³/mol. The van der Waals surface area contributed by atoms with E-state index in [9.17, 15) is 13.2 Å². The summed E-state index contributed by atoms with van der Waals surface area (Å²) in [5.41, 5.74) is 6.90. The minimum atomic E-state index is -3.78. The predicted octanol–water partition coefficient (Wildman–Crippen LogP) is 0.557. The lowest BCUT2D eigenvalue weighted by atomic mass is 10.2. The number of amides is 1. The van der Waals surface area contributed by atoms with Crippen LogP contribution in [0.5, 0.6) is 0 Å². The van der Waals surface area contributed by atoms with E-state index in [0.717, 1.165) is 16.9 Å². The fourth-order valence-corrected chi connectivity index (χ4v) is 3.47. The summed E-state index contributed by atoms with van der Waals surface area (Å²) in [5, 5.41) is 9.65. The van der Waals surface area contributed by atoms with Gasteiger partial charge < -0.3 is 11.1 Å². The topological polar surface area (TPSA) is 127 Å². The van der Waals surface area contributed by atoms with Gasteiger partial charge in [-0.15, -0.1) is 10.2 Å². The molecule has 0 spiro atoms. The molecular formula is C11H13N5O3S2. The molecule has 2 aromatic rings. The average molecular weight is 327 g/mol. The van der Waals surface area contributed by atoms with Gasteiger partial charge in [0.15, 0.2) is 0 Å². The first kappa shape index (κ1) is 15.4. The van der Waals surface area contributed by atoms with Gasteiger partial charge in [-0.1, -0.05) is 23.5 Å². The van der Waals surface area contributed by atoms with E-state index in [1.807, 2.05) is 0 Å². The second-order valence-corrected chi connectivity index (χ2v) is 7.04. The Morgan fingerprint density at radius 3 is 2.81 bits per heavy atom. The van der Waals surface area contributed by atoms with Crippen molar-refractivity contribution in [3.63, 3.8) is 0 Å². The van der Waals surface area contributed by atoms with Crippen molar-refractivity contribution in [3.8, 4) is 0 Å². The van der Waals surface area contributed by atoms with Gasteiger partial charge in [0.05, 0.1) is 0 Å². The van der Waals surface area contributed by atoms with E-state index in [-0.39, 0.29) is 21.9 Å². The van der Waals surface area contributed by atoms with Crippen LogP contribution in [0.3, 0.4) is 0 Å². The molecule has 112 valence electrons. The number of aromatic nitrogens is 2. The van der Waals surface area contributed by atoms with Gasteiger partial charge in [0.1, 0.15) is 0 Å². The Bertz CT molecular complexity index is 757. The Morgan fingerprint density at radius 2 is 2.14 bits per heavy atom. The molecule has 1 heterocycles. The fourth-order valence-electron chi connectivity index (χ4n) is 1.46. The van der Waals surface area contributed by atoms with Crippen LogP contribution in [0, 0.1) is 0 Å². The van der Waals surface area contributed by atoms with Crippen LogP contribution >= 0.6 is 11.3 Å². The van der Waals surface area contributed by atoms with Crippen molar-refractivity contribution in [3.05, 3.63) is 29.8 Å². The quantitative estimate of drug-likeness (QED) is 0.544. The normalized spacial score (nSPS) is 11.3. The summed E-state index contributed by atoms with van der Waals surface area (Å²) < 4.78 is 26.3. The van der Waals surface area contributed by atoms with E-state index in [1.165, 1.54) is 6.92 Å². The molecule has 0 saturated heterocycles. The molecule has 8 nitrogen and oxygen atoms in total. The van der Waals surface area contributed by atoms with Crippen molar-refractivity contribution in [2.24, 2.45) is 0 Å². The Kier molecular flexibility index (Phi) is 4.50. The number of hydrogen-bond acceptors (Lipinski definition) is 7. The first-order valence-corrected chi connectivity index (χ1v) is 8.12. The third-order valence-corrected chi connectivity index (χ3v) is 4.94. The van der Waals surface area contributed by atoms with E-state index in [4.69, 9.17) is 5.73 Å². The van der Waals surface area contributed by atoms with Gasteiger partial charge in [0.2, 0.25) is 15.4 Å². The number of anilines is 2. The molecule has 1 aromatic carbocycles. The molecule has 0 unspecified atom stereocenters. The molecule has 2 rings (SSSR count). The molecular weight excluding hydrogens is 314 g/mol. The number of nitrogens with one attached hydrogen (secondary N) is 2. The zero-order valence-corrected chi connectivity index (χ0v) is 12.7. The number of carbonyl (C=O) groups is 1. The van der Waals surface area contributed by atoms with Crippen LogP contribution in [0.1, 0.15) is 12.5 Å². The molecule has 0 aliphatic carbocycles. The maximum atomic E-state index is 12.0. The Hall–Kier alpha value is -2.04. The lowest BCUT2D eigenvalue weighted by Gasteiger charge is -2.04. The van der Waals surface area contributed by atoms with Crippen LogP contribution in [0.4, 0.5) is 10.8 Å². The largest absolute Gasteiger partial charge is 0.399 e. The van der Waals surface area contributed by atoms with Gasteiger partial charge in [-0.3, -0.25) is 4.79 Å². The van der Waals surface area contributed by atoms with Crippen molar-refractivity contribution in [2.45, 2.75) is 17.8 Å². The molecule has 1 amide bonds. The number of carbonyl (C=O) groups excluding carboxylic acids is 1. The molecule has 1 aromatic heterocycles. The summed E-state index contributed by atoms with van der Waals surface area (Å²) in [6.45, 7) is 1.38. The van der Waals surface area contributed by atoms with Crippen molar-refractivity contribution >= 4 is 38.1 Å². The first-order valence-electron chi connectivity index (χ1n) is 5.82. The summed E-state index contributed by atoms with van der Waals surface area (Å²) >= 11 is 0.777. The SMILES string of the molecule is CC(=O)Nc1nnc(S(=O)(=O)NCc2cccc(N)c2)s1. The number of hydrogen-bond donors (Lipinski definition) is 3. The van der Waals surface area contributed by atoms with Gasteiger partial charge in [-0.25, -0.2) is 13.1 Å². The smallest absolute Gasteiger partial charge is 0.270 e. The summed E-state index contributed by atoms with van der Waals surface area (Å²) in [5.74, 6) is -0.345. The number of nitrogens with zero attached hydrogens (tertiary/aromatic N) is 2. The molecule has 0 aliphatic rings. The van der Waals surface area contributed by atoms with Gasteiger partial charge in [0, 0.05) is 19.2 Å². The Labute approximate surface area is 125 Å². The highest BCUT2D eigenvalue weighted by Crippen LogP contribution is 2.19. The van der Waals surface area contributed by atoms with E-state index in [1.54, 1.807) is 24.3 Å². The second-order valence-electron chi connectivity index (χ2n) is 4.12. The zero-order valence-electron chi connectivity index (χ0n) is 11.0. The highest BCUT2D eigenvalue weighted by molar-refractivity contribution is 7.91. The standard InChI is InChI=1S/C11H13N5O3S2/c1-7(17)14-10-15-16-11(20-10)21(18,19)13-6-8-3-2-4-9(12)5-8/h2-5,13H,6,12H2,1H3,(H,14,15,17). The minimum Gasteiger partial charge on any atom is -0.399 e. The van der Waals surface area contributed by atoms with Crippen molar-refractivity contribution < 1.29 is 13.2 Å². The van der Waals surface area contributed by atoms with Gasteiger partial charge in [0.25, 0.3) is 10.0 Å². The highest BCUT2D eigenvalue weighted by Gasteiger charge is 2.20. The molecule has 0 bridgehead atoms. The summed E-state index contributed by atoms with van der Waals surface area (Å²) in [6.07, 6.45) is 0. The van der Waals surface area contributed by atoms with Crippen LogP contribution in [-0.4, -0.2) is 24.5 Å². The van der Waals surface area contributed by atoms with Crippen molar-refractivity contribution in [1.82, 2.24) is 14.9 Å². The number of benzene rings is 1. The maximum absolute atomic E-state index is 12.0. The third kappa shape index (κ3) is 4.21. The minimum absolute atomic E-state index is 0.0857. The average Bonchev–Trinajstić information content (AvgIpc) is 2.85. The Morgan fingerprint density at radius 1 is 1.38 bits per heavy atom. The van der Waals surface area contributed by atoms with E-state index >= 15 is 0 Å². The number of sulfonamides is 1. The lowest BCUT2D eigenvalue weighted by Crippen LogP contribution is -2.23.